The fourth-order valence-electron chi connectivity index (χ4n) is 3.78. The van der Waals surface area contributed by atoms with E-state index in [1.807, 2.05) is 30.3 Å². The van der Waals surface area contributed by atoms with Crippen LogP contribution in [0.25, 0.3) is 0 Å². The number of nitrogens with zero attached hydrogens (tertiary/aromatic N) is 3. The first-order valence-corrected chi connectivity index (χ1v) is 12.4. The molecule has 1 aliphatic heterocycles. The van der Waals surface area contributed by atoms with Crippen LogP contribution in [0.2, 0.25) is 5.02 Å². The normalized spacial score (nSPS) is 11.8. The summed E-state index contributed by atoms with van der Waals surface area (Å²) >= 11 is 6.33. The Morgan fingerprint density at radius 3 is 2.44 bits per heavy atom. The van der Waals surface area contributed by atoms with Gasteiger partial charge in [-0.3, -0.25) is 4.79 Å². The number of benzene rings is 3. The van der Waals surface area contributed by atoms with Crippen LogP contribution in [0.5, 0.6) is 0 Å². The van der Waals surface area contributed by atoms with Crippen molar-refractivity contribution in [1.82, 2.24) is 9.97 Å². The van der Waals surface area contributed by atoms with Gasteiger partial charge in [0.15, 0.2) is 5.82 Å². The Bertz CT molecular complexity index is 1610. The summed E-state index contributed by atoms with van der Waals surface area (Å²) in [5.74, 6) is 0.913. The number of halogens is 4. The predicted octanol–water partition coefficient (Wildman–Crippen LogP) is 6.98. The summed E-state index contributed by atoms with van der Waals surface area (Å²) in [5, 5.41) is 21.6. The van der Waals surface area contributed by atoms with Crippen LogP contribution in [-0.2, 0) is 17.6 Å². The molecule has 0 unspecified atom stereocenters. The third-order valence-corrected chi connectivity index (χ3v) is 5.91. The summed E-state index contributed by atoms with van der Waals surface area (Å²) in [6.45, 7) is 0. The quantitative estimate of drug-likeness (QED) is 0.188. The standard InChI is InChI=1S/C26H20ClN7O.C2HF3O/c27-22-15-29-25-31-20-3-1-2-16(12-20)4-7-18-13-21(30-24(22)34-25)10-11-23(18)33-26(35)32-19-8-5-17(14-28)6-9-19;3-2(4,5)1-6/h1-3,5-6,8-13,15H,4,7H2,(H2,32,33,35)(H2,29,30,31,34);1H. The Kier molecular flexibility index (Phi) is 9.01. The van der Waals surface area contributed by atoms with Crippen molar-refractivity contribution in [3.8, 4) is 6.07 Å². The molecule has 5 rings (SSSR count). The van der Waals surface area contributed by atoms with Gasteiger partial charge in [0.05, 0.1) is 17.8 Å². The van der Waals surface area contributed by atoms with Crippen LogP contribution in [0.1, 0.15) is 16.7 Å². The Morgan fingerprint density at radius 2 is 1.73 bits per heavy atom. The molecule has 9 nitrogen and oxygen atoms in total. The van der Waals surface area contributed by atoms with Gasteiger partial charge in [-0.1, -0.05) is 23.7 Å². The molecule has 6 bridgehead atoms. The van der Waals surface area contributed by atoms with Crippen molar-refractivity contribution in [3.05, 3.63) is 94.6 Å². The number of anilines is 6. The lowest BCUT2D eigenvalue weighted by Crippen LogP contribution is -2.20. The first-order chi connectivity index (χ1) is 19.6. The van der Waals surface area contributed by atoms with Crippen LogP contribution in [0.4, 0.5) is 52.5 Å². The molecule has 2 amide bonds. The van der Waals surface area contributed by atoms with Gasteiger partial charge >= 0.3 is 12.2 Å². The average molecular weight is 580 g/mol. The van der Waals surface area contributed by atoms with E-state index in [1.54, 1.807) is 30.5 Å². The Labute approximate surface area is 237 Å². The van der Waals surface area contributed by atoms with Crippen LogP contribution in [0, 0.1) is 11.3 Å². The minimum atomic E-state index is -4.64. The molecular formula is C28H21ClF3N7O2. The molecule has 1 aromatic heterocycles. The number of hydrogen-bond acceptors (Lipinski definition) is 7. The highest BCUT2D eigenvalue weighted by Gasteiger charge is 2.25. The maximum absolute atomic E-state index is 12.7. The average Bonchev–Trinajstić information content (AvgIpc) is 2.95. The van der Waals surface area contributed by atoms with Gasteiger partial charge in [0, 0.05) is 22.7 Å². The van der Waals surface area contributed by atoms with Gasteiger partial charge in [0.2, 0.25) is 12.2 Å². The molecule has 13 heteroatoms. The van der Waals surface area contributed by atoms with E-state index in [0.717, 1.165) is 28.9 Å². The molecule has 0 radical (unpaired) electrons. The molecule has 3 aromatic carbocycles. The predicted molar refractivity (Wildman–Crippen MR) is 150 cm³/mol. The van der Waals surface area contributed by atoms with Gasteiger partial charge in [0.1, 0.15) is 5.02 Å². The number of fused-ring (bicyclic) bond motifs is 6. The van der Waals surface area contributed by atoms with Gasteiger partial charge in [-0.05, 0) is 78.6 Å². The van der Waals surface area contributed by atoms with Crippen molar-refractivity contribution in [1.29, 1.82) is 5.26 Å². The summed E-state index contributed by atoms with van der Waals surface area (Å²) in [5.41, 5.74) is 5.57. The van der Waals surface area contributed by atoms with E-state index in [0.29, 0.717) is 40.1 Å². The number of urea groups is 1. The number of carbonyl (C=O) groups excluding carboxylic acids is 2. The van der Waals surface area contributed by atoms with E-state index >= 15 is 0 Å². The number of carbonyl (C=O) groups is 2. The van der Waals surface area contributed by atoms with Gasteiger partial charge in [-0.2, -0.15) is 23.4 Å². The smallest absolute Gasteiger partial charge is 0.339 e. The fourth-order valence-corrected chi connectivity index (χ4v) is 3.92. The molecule has 0 atom stereocenters. The van der Waals surface area contributed by atoms with Gasteiger partial charge < -0.3 is 21.3 Å². The molecule has 0 aliphatic carbocycles. The molecule has 0 spiro atoms. The first-order valence-electron chi connectivity index (χ1n) is 12.0. The van der Waals surface area contributed by atoms with E-state index in [-0.39, 0.29) is 6.03 Å². The molecule has 208 valence electrons. The summed E-state index contributed by atoms with van der Waals surface area (Å²) in [6.07, 6.45) is -2.69. The second-order valence-corrected chi connectivity index (χ2v) is 9.05. The summed E-state index contributed by atoms with van der Waals surface area (Å²) in [6, 6.07) is 22.1. The van der Waals surface area contributed by atoms with E-state index in [4.69, 9.17) is 21.7 Å². The van der Waals surface area contributed by atoms with Crippen molar-refractivity contribution < 1.29 is 22.8 Å². The van der Waals surface area contributed by atoms with Crippen LogP contribution < -0.4 is 21.3 Å². The monoisotopic (exact) mass is 579 g/mol. The van der Waals surface area contributed by atoms with Crippen LogP contribution in [-0.4, -0.2) is 28.5 Å². The second-order valence-electron chi connectivity index (χ2n) is 8.64. The van der Waals surface area contributed by atoms with E-state index in [1.165, 1.54) is 0 Å². The zero-order valence-electron chi connectivity index (χ0n) is 21.1. The first kappa shape index (κ1) is 28.8. The van der Waals surface area contributed by atoms with Gasteiger partial charge in [-0.15, -0.1) is 0 Å². The van der Waals surface area contributed by atoms with E-state index in [2.05, 4.69) is 49.4 Å². The molecule has 1 aliphatic rings. The van der Waals surface area contributed by atoms with E-state index in [9.17, 15) is 18.0 Å². The van der Waals surface area contributed by atoms with Crippen molar-refractivity contribution in [2.24, 2.45) is 0 Å². The molecule has 4 aromatic rings. The van der Waals surface area contributed by atoms with Crippen molar-refractivity contribution >= 4 is 58.4 Å². The highest BCUT2D eigenvalue weighted by Crippen LogP contribution is 2.29. The maximum atomic E-state index is 12.7. The lowest BCUT2D eigenvalue weighted by molar-refractivity contribution is -0.156. The van der Waals surface area contributed by atoms with Crippen LogP contribution >= 0.6 is 11.6 Å². The highest BCUT2D eigenvalue weighted by molar-refractivity contribution is 6.32. The molecule has 2 heterocycles. The summed E-state index contributed by atoms with van der Waals surface area (Å²) < 4.78 is 31.2. The number of aryl methyl sites for hydroxylation is 2. The number of rotatable bonds is 2. The second kappa shape index (κ2) is 12.8. The number of amides is 2. The fraction of sp³-hybridized carbons (Fsp3) is 0.107. The summed E-state index contributed by atoms with van der Waals surface area (Å²) in [7, 11) is 0. The minimum Gasteiger partial charge on any atom is -0.339 e. The van der Waals surface area contributed by atoms with Crippen molar-refractivity contribution in [2.75, 3.05) is 21.3 Å². The molecule has 0 fully saturated rings. The number of hydrogen-bond donors (Lipinski definition) is 4. The SMILES string of the molecule is N#Cc1ccc(NC(=O)Nc2ccc3cc2CCc2cccc(c2)Nc2ncc(Cl)c(n2)N3)cc1.O=CC(F)(F)F. The number of nitriles is 1. The van der Waals surface area contributed by atoms with Crippen molar-refractivity contribution in [2.45, 2.75) is 19.0 Å². The topological polar surface area (TPSA) is 132 Å². The molecular weight excluding hydrogens is 559 g/mol. The maximum Gasteiger partial charge on any atom is 0.446 e. The van der Waals surface area contributed by atoms with Gasteiger partial charge in [-0.25, -0.2) is 9.78 Å². The summed E-state index contributed by atoms with van der Waals surface area (Å²) in [4.78, 5) is 30.2. The molecule has 0 saturated carbocycles. The number of alkyl halides is 3. The molecule has 4 N–H and O–H groups in total. The molecule has 0 saturated heterocycles. The molecule has 41 heavy (non-hydrogen) atoms. The zero-order chi connectivity index (χ0) is 29.4. The minimum absolute atomic E-state index is 0.371. The van der Waals surface area contributed by atoms with Crippen molar-refractivity contribution in [3.63, 3.8) is 0 Å². The largest absolute Gasteiger partial charge is 0.446 e. The number of aldehydes is 1. The number of aromatic nitrogens is 2. The third-order valence-electron chi connectivity index (χ3n) is 5.63. The van der Waals surface area contributed by atoms with Crippen LogP contribution in [0.15, 0.2) is 72.9 Å². The van der Waals surface area contributed by atoms with Crippen LogP contribution in [0.3, 0.4) is 0 Å². The zero-order valence-corrected chi connectivity index (χ0v) is 21.8. The third kappa shape index (κ3) is 8.42. The lowest BCUT2D eigenvalue weighted by Gasteiger charge is -2.15. The van der Waals surface area contributed by atoms with Gasteiger partial charge in [0.25, 0.3) is 0 Å². The number of nitrogens with one attached hydrogen (secondary N) is 4. The Morgan fingerprint density at radius 1 is 1.00 bits per heavy atom. The highest BCUT2D eigenvalue weighted by atomic mass is 35.5. The Balaban J connectivity index is 0.000000585. The van der Waals surface area contributed by atoms with E-state index < -0.39 is 12.5 Å². The lowest BCUT2D eigenvalue weighted by atomic mass is 10.0. The Hall–Kier alpha value is -5.15.